The number of alkyl halides is 3. The first-order valence-corrected chi connectivity index (χ1v) is 6.16. The molecule has 19 heavy (non-hydrogen) atoms. The summed E-state index contributed by atoms with van der Waals surface area (Å²) in [7, 11) is 0. The van der Waals surface area contributed by atoms with Gasteiger partial charge < -0.3 is 5.11 Å². The van der Waals surface area contributed by atoms with E-state index in [4.69, 9.17) is 5.11 Å². The Morgan fingerprint density at radius 2 is 2.11 bits per heavy atom. The molecule has 1 saturated carbocycles. The summed E-state index contributed by atoms with van der Waals surface area (Å²) in [5.74, 6) is 0.449. The Bertz CT molecular complexity index is 404. The lowest BCUT2D eigenvalue weighted by Gasteiger charge is -2.22. The summed E-state index contributed by atoms with van der Waals surface area (Å²) >= 11 is 0. The number of rotatable bonds is 7. The van der Waals surface area contributed by atoms with Gasteiger partial charge in [-0.15, -0.1) is 5.10 Å². The zero-order valence-electron chi connectivity index (χ0n) is 10.3. The molecule has 0 aromatic carbocycles. The normalized spacial score (nSPS) is 16.3. The largest absolute Gasteiger partial charge is 0.401 e. The summed E-state index contributed by atoms with van der Waals surface area (Å²) < 4.78 is 39.0. The van der Waals surface area contributed by atoms with Crippen LogP contribution in [0.3, 0.4) is 0 Å². The lowest BCUT2D eigenvalue weighted by atomic mass is 10.3. The number of aliphatic hydroxyl groups is 1. The summed E-state index contributed by atoms with van der Waals surface area (Å²) in [4.78, 5) is 1.21. The van der Waals surface area contributed by atoms with Crippen molar-refractivity contribution in [3.05, 3.63) is 5.82 Å². The van der Waals surface area contributed by atoms with Crippen molar-refractivity contribution in [2.45, 2.75) is 38.0 Å². The molecule has 2 rings (SSSR count). The zero-order valence-corrected chi connectivity index (χ0v) is 10.3. The lowest BCUT2D eigenvalue weighted by Crippen LogP contribution is -2.35. The van der Waals surface area contributed by atoms with Gasteiger partial charge in [0.05, 0.1) is 19.1 Å². The predicted octanol–water partition coefficient (Wildman–Crippen LogP) is 0.755. The third kappa shape index (κ3) is 4.43. The Kier molecular flexibility index (Phi) is 4.35. The summed E-state index contributed by atoms with van der Waals surface area (Å²) in [5.41, 5.74) is 0. The number of hydrogen-bond acceptors (Lipinski definition) is 5. The van der Waals surface area contributed by atoms with Crippen LogP contribution in [0.25, 0.3) is 0 Å². The van der Waals surface area contributed by atoms with E-state index in [0.717, 1.165) is 12.8 Å². The average molecular weight is 279 g/mol. The molecule has 108 valence electrons. The Morgan fingerprint density at radius 1 is 1.37 bits per heavy atom. The van der Waals surface area contributed by atoms with Gasteiger partial charge in [0.15, 0.2) is 5.82 Å². The zero-order chi connectivity index (χ0) is 13.9. The molecule has 1 aromatic heterocycles. The first-order valence-electron chi connectivity index (χ1n) is 6.16. The molecule has 0 saturated heterocycles. The van der Waals surface area contributed by atoms with Crippen molar-refractivity contribution >= 4 is 0 Å². The molecule has 0 atom stereocenters. The van der Waals surface area contributed by atoms with Crippen molar-refractivity contribution in [3.63, 3.8) is 0 Å². The number of aromatic nitrogens is 4. The van der Waals surface area contributed by atoms with Gasteiger partial charge in [-0.1, -0.05) is 0 Å². The van der Waals surface area contributed by atoms with Crippen LogP contribution < -0.4 is 0 Å². The van der Waals surface area contributed by atoms with E-state index in [2.05, 4.69) is 15.5 Å². The molecular weight excluding hydrogens is 263 g/mol. The molecule has 6 nitrogen and oxygen atoms in total. The number of halogens is 3. The maximum absolute atomic E-state index is 12.5. The maximum atomic E-state index is 12.5. The second-order valence-corrected chi connectivity index (χ2v) is 4.67. The van der Waals surface area contributed by atoms with E-state index in [1.165, 1.54) is 4.90 Å². The Balaban J connectivity index is 1.99. The van der Waals surface area contributed by atoms with Crippen LogP contribution in [0.1, 0.15) is 31.1 Å². The predicted molar refractivity (Wildman–Crippen MR) is 59.1 cm³/mol. The van der Waals surface area contributed by atoms with Gasteiger partial charge >= 0.3 is 6.18 Å². The second-order valence-electron chi connectivity index (χ2n) is 4.67. The number of nitrogens with zero attached hydrogens (tertiary/aromatic N) is 5. The van der Waals surface area contributed by atoms with E-state index in [9.17, 15) is 13.2 Å². The smallest absolute Gasteiger partial charge is 0.396 e. The van der Waals surface area contributed by atoms with Crippen LogP contribution in [0.4, 0.5) is 13.2 Å². The van der Waals surface area contributed by atoms with Gasteiger partial charge in [-0.2, -0.15) is 13.2 Å². The van der Waals surface area contributed by atoms with Gasteiger partial charge in [0.25, 0.3) is 0 Å². The Labute approximate surface area is 108 Å². The maximum Gasteiger partial charge on any atom is 0.401 e. The highest BCUT2D eigenvalue weighted by Crippen LogP contribution is 2.34. The topological polar surface area (TPSA) is 67.1 Å². The molecule has 0 spiro atoms. The Hall–Kier alpha value is -1.22. The first kappa shape index (κ1) is 14.2. The number of aliphatic hydroxyl groups excluding tert-OH is 1. The summed E-state index contributed by atoms with van der Waals surface area (Å²) in [5, 5.41) is 19.8. The molecule has 1 aliphatic carbocycles. The highest BCUT2D eigenvalue weighted by Gasteiger charge is 2.33. The van der Waals surface area contributed by atoms with Crippen molar-refractivity contribution < 1.29 is 18.3 Å². The third-order valence-electron chi connectivity index (χ3n) is 2.85. The van der Waals surface area contributed by atoms with E-state index in [-0.39, 0.29) is 25.7 Å². The van der Waals surface area contributed by atoms with Gasteiger partial charge in [0, 0.05) is 13.2 Å². The van der Waals surface area contributed by atoms with Crippen molar-refractivity contribution in [2.75, 3.05) is 19.7 Å². The minimum atomic E-state index is -4.27. The van der Waals surface area contributed by atoms with E-state index in [1.54, 1.807) is 4.68 Å². The molecule has 1 aromatic rings. The highest BCUT2D eigenvalue weighted by atomic mass is 19.4. The standard InChI is InChI=1S/C10H16F3N5O/c11-10(12,13)7-17(4-1-5-19)6-9-14-15-16-18(9)8-2-3-8/h8,19H,1-7H2. The van der Waals surface area contributed by atoms with Crippen molar-refractivity contribution in [3.8, 4) is 0 Å². The van der Waals surface area contributed by atoms with Gasteiger partial charge in [-0.3, -0.25) is 4.90 Å². The molecule has 0 bridgehead atoms. The SMILES string of the molecule is OCCCN(Cc1nnnn1C1CC1)CC(F)(F)F. The van der Waals surface area contributed by atoms with E-state index in [1.807, 2.05) is 0 Å². The first-order chi connectivity index (χ1) is 8.99. The van der Waals surface area contributed by atoms with E-state index >= 15 is 0 Å². The fourth-order valence-corrected chi connectivity index (χ4v) is 1.88. The number of tetrazole rings is 1. The minimum absolute atomic E-state index is 0.0447. The molecule has 0 radical (unpaired) electrons. The fourth-order valence-electron chi connectivity index (χ4n) is 1.88. The molecule has 1 N–H and O–H groups in total. The highest BCUT2D eigenvalue weighted by molar-refractivity contribution is 4.90. The van der Waals surface area contributed by atoms with E-state index < -0.39 is 12.7 Å². The molecule has 9 heteroatoms. The summed E-state index contributed by atoms with van der Waals surface area (Å²) in [6, 6.07) is 0.232. The van der Waals surface area contributed by atoms with Gasteiger partial charge in [0.2, 0.25) is 0 Å². The molecule has 1 heterocycles. The molecule has 0 aliphatic heterocycles. The molecule has 0 unspecified atom stereocenters. The quantitative estimate of drug-likeness (QED) is 0.798. The molecule has 0 amide bonds. The van der Waals surface area contributed by atoms with Crippen LogP contribution >= 0.6 is 0 Å². The minimum Gasteiger partial charge on any atom is -0.396 e. The van der Waals surface area contributed by atoms with Crippen molar-refractivity contribution in [1.29, 1.82) is 0 Å². The van der Waals surface area contributed by atoms with Gasteiger partial charge in [-0.05, 0) is 29.7 Å². The van der Waals surface area contributed by atoms with Gasteiger partial charge in [0.1, 0.15) is 0 Å². The monoisotopic (exact) mass is 279 g/mol. The van der Waals surface area contributed by atoms with Crippen LogP contribution in [-0.2, 0) is 6.54 Å². The summed E-state index contributed by atoms with van der Waals surface area (Å²) in [6.07, 6.45) is -2.05. The van der Waals surface area contributed by atoms with Crippen molar-refractivity contribution in [2.24, 2.45) is 0 Å². The van der Waals surface area contributed by atoms with Crippen LogP contribution in [0, 0.1) is 0 Å². The van der Waals surface area contributed by atoms with Gasteiger partial charge in [-0.25, -0.2) is 4.68 Å². The van der Waals surface area contributed by atoms with E-state index in [0.29, 0.717) is 12.2 Å². The van der Waals surface area contributed by atoms with Crippen LogP contribution in [0.5, 0.6) is 0 Å². The molecule has 1 fully saturated rings. The second kappa shape index (κ2) is 5.83. The van der Waals surface area contributed by atoms with Crippen LogP contribution in [0.2, 0.25) is 0 Å². The molecular formula is C10H16F3N5O. The summed E-state index contributed by atoms with van der Waals surface area (Å²) in [6.45, 7) is -0.955. The van der Waals surface area contributed by atoms with Crippen LogP contribution in [-0.4, -0.2) is 56.1 Å². The average Bonchev–Trinajstić information content (AvgIpc) is 3.05. The third-order valence-corrected chi connectivity index (χ3v) is 2.85. The fraction of sp³-hybridized carbons (Fsp3) is 0.900. The lowest BCUT2D eigenvalue weighted by molar-refractivity contribution is -0.147. The van der Waals surface area contributed by atoms with Crippen LogP contribution in [0.15, 0.2) is 0 Å². The molecule has 1 aliphatic rings. The van der Waals surface area contributed by atoms with Crippen molar-refractivity contribution in [1.82, 2.24) is 25.1 Å². The Morgan fingerprint density at radius 3 is 2.68 bits per heavy atom. The number of hydrogen-bond donors (Lipinski definition) is 1.